The zero-order valence-electron chi connectivity index (χ0n) is 11.1. The van der Waals surface area contributed by atoms with E-state index in [1.54, 1.807) is 12.1 Å². The smallest absolute Gasteiger partial charge is 0.187 e. The molecule has 0 aromatic heterocycles. The van der Waals surface area contributed by atoms with Crippen molar-refractivity contribution in [2.45, 2.75) is 38.1 Å². The van der Waals surface area contributed by atoms with Gasteiger partial charge in [-0.2, -0.15) is 5.10 Å². The number of nitrogens with one attached hydrogen (secondary N) is 2. The number of halogens is 1. The van der Waals surface area contributed by atoms with Crippen molar-refractivity contribution >= 4 is 35.1 Å². The number of phenolic OH excluding ortho intramolecular Hbond substituents is 1. The van der Waals surface area contributed by atoms with E-state index in [4.69, 9.17) is 23.8 Å². The summed E-state index contributed by atoms with van der Waals surface area (Å²) < 4.78 is 0. The van der Waals surface area contributed by atoms with Gasteiger partial charge in [-0.05, 0) is 43.3 Å². The maximum absolute atomic E-state index is 9.64. The van der Waals surface area contributed by atoms with E-state index in [2.05, 4.69) is 15.8 Å². The predicted molar refractivity (Wildman–Crippen MR) is 86.5 cm³/mol. The second-order valence-electron chi connectivity index (χ2n) is 4.88. The number of nitrogens with zero attached hydrogens (tertiary/aromatic N) is 1. The largest absolute Gasteiger partial charge is 0.507 e. The molecule has 1 aromatic rings. The molecule has 20 heavy (non-hydrogen) atoms. The molecular weight excluding hydrogens is 294 g/mol. The monoisotopic (exact) mass is 311 g/mol. The van der Waals surface area contributed by atoms with Gasteiger partial charge in [0.25, 0.3) is 0 Å². The van der Waals surface area contributed by atoms with Crippen molar-refractivity contribution in [3.63, 3.8) is 0 Å². The molecule has 0 heterocycles. The number of hydrogen-bond donors (Lipinski definition) is 3. The molecule has 1 saturated carbocycles. The number of hydrogen-bond acceptors (Lipinski definition) is 3. The fourth-order valence-electron chi connectivity index (χ4n) is 2.25. The Morgan fingerprint density at radius 2 is 2.10 bits per heavy atom. The molecule has 1 aliphatic rings. The molecular formula is C14H18ClN3OS. The van der Waals surface area contributed by atoms with Crippen LogP contribution in [-0.2, 0) is 0 Å². The molecule has 6 heteroatoms. The summed E-state index contributed by atoms with van der Waals surface area (Å²) in [7, 11) is 0. The van der Waals surface area contributed by atoms with Crippen molar-refractivity contribution in [1.29, 1.82) is 0 Å². The number of benzene rings is 1. The molecule has 0 bridgehead atoms. The van der Waals surface area contributed by atoms with Crippen LogP contribution in [0.25, 0.3) is 0 Å². The lowest BCUT2D eigenvalue weighted by Gasteiger charge is -2.23. The van der Waals surface area contributed by atoms with E-state index in [9.17, 15) is 5.11 Å². The van der Waals surface area contributed by atoms with Crippen molar-refractivity contribution in [2.75, 3.05) is 0 Å². The van der Waals surface area contributed by atoms with Crippen LogP contribution < -0.4 is 10.7 Å². The van der Waals surface area contributed by atoms with E-state index in [-0.39, 0.29) is 5.75 Å². The normalized spacial score (nSPS) is 16.2. The van der Waals surface area contributed by atoms with E-state index >= 15 is 0 Å². The van der Waals surface area contributed by atoms with Crippen LogP contribution in [0.5, 0.6) is 5.75 Å². The summed E-state index contributed by atoms with van der Waals surface area (Å²) in [5.41, 5.74) is 3.31. The highest BCUT2D eigenvalue weighted by molar-refractivity contribution is 7.80. The summed E-state index contributed by atoms with van der Waals surface area (Å²) in [6.45, 7) is 0. The minimum Gasteiger partial charge on any atom is -0.507 e. The van der Waals surface area contributed by atoms with E-state index in [0.717, 1.165) is 12.8 Å². The lowest BCUT2D eigenvalue weighted by molar-refractivity contribution is 0.412. The Bertz CT molecular complexity index is 501. The third kappa shape index (κ3) is 4.65. The van der Waals surface area contributed by atoms with Gasteiger partial charge in [0.2, 0.25) is 0 Å². The third-order valence-electron chi connectivity index (χ3n) is 3.30. The summed E-state index contributed by atoms with van der Waals surface area (Å²) in [5, 5.41) is 18.0. The van der Waals surface area contributed by atoms with Gasteiger partial charge in [0, 0.05) is 16.6 Å². The van der Waals surface area contributed by atoms with Crippen molar-refractivity contribution in [3.05, 3.63) is 28.8 Å². The average Bonchev–Trinajstić information content (AvgIpc) is 2.44. The van der Waals surface area contributed by atoms with Crippen LogP contribution in [0.15, 0.2) is 23.3 Å². The zero-order valence-corrected chi connectivity index (χ0v) is 12.7. The quantitative estimate of drug-likeness (QED) is 0.456. The van der Waals surface area contributed by atoms with Gasteiger partial charge >= 0.3 is 0 Å². The molecule has 0 aliphatic heterocycles. The Morgan fingerprint density at radius 1 is 1.35 bits per heavy atom. The van der Waals surface area contributed by atoms with E-state index in [1.807, 2.05) is 0 Å². The summed E-state index contributed by atoms with van der Waals surface area (Å²) >= 11 is 11.0. The topological polar surface area (TPSA) is 56.7 Å². The molecule has 1 fully saturated rings. The Balaban J connectivity index is 1.83. The number of thiocarbonyl (C=S) groups is 1. The van der Waals surface area contributed by atoms with Gasteiger partial charge in [0.1, 0.15) is 5.75 Å². The van der Waals surface area contributed by atoms with Crippen LogP contribution in [0, 0.1) is 0 Å². The van der Waals surface area contributed by atoms with Gasteiger partial charge in [0.05, 0.1) is 6.21 Å². The highest BCUT2D eigenvalue weighted by Crippen LogP contribution is 2.19. The zero-order chi connectivity index (χ0) is 14.4. The van der Waals surface area contributed by atoms with Crippen LogP contribution in [0.3, 0.4) is 0 Å². The minimum absolute atomic E-state index is 0.131. The fourth-order valence-corrected chi connectivity index (χ4v) is 2.65. The van der Waals surface area contributed by atoms with Gasteiger partial charge < -0.3 is 10.4 Å². The van der Waals surface area contributed by atoms with Gasteiger partial charge in [0.15, 0.2) is 5.11 Å². The molecule has 1 aromatic carbocycles. The first kappa shape index (κ1) is 15.1. The Kier molecular flexibility index (Phi) is 5.61. The summed E-state index contributed by atoms with van der Waals surface area (Å²) in [6, 6.07) is 5.23. The van der Waals surface area contributed by atoms with Gasteiger partial charge in [-0.1, -0.05) is 30.9 Å². The first-order valence-electron chi connectivity index (χ1n) is 6.73. The van der Waals surface area contributed by atoms with E-state index in [0.29, 0.717) is 21.7 Å². The van der Waals surface area contributed by atoms with Crippen molar-refractivity contribution in [2.24, 2.45) is 5.10 Å². The summed E-state index contributed by atoms with van der Waals surface area (Å²) in [5.74, 6) is 0.131. The van der Waals surface area contributed by atoms with Gasteiger partial charge in [-0.15, -0.1) is 0 Å². The first-order chi connectivity index (χ1) is 9.65. The van der Waals surface area contributed by atoms with Crippen molar-refractivity contribution < 1.29 is 5.11 Å². The molecule has 0 spiro atoms. The summed E-state index contributed by atoms with van der Waals surface area (Å²) in [6.07, 6.45) is 7.61. The van der Waals surface area contributed by atoms with Crippen molar-refractivity contribution in [3.8, 4) is 5.75 Å². The maximum Gasteiger partial charge on any atom is 0.187 e. The highest BCUT2D eigenvalue weighted by atomic mass is 35.5. The minimum atomic E-state index is 0.131. The maximum atomic E-state index is 9.64. The van der Waals surface area contributed by atoms with Crippen LogP contribution in [-0.4, -0.2) is 22.5 Å². The molecule has 0 amide bonds. The van der Waals surface area contributed by atoms with Gasteiger partial charge in [-0.25, -0.2) is 0 Å². The highest BCUT2D eigenvalue weighted by Gasteiger charge is 2.13. The number of hydrazone groups is 1. The SMILES string of the molecule is Oc1ccc(Cl)cc1C=NNC(=S)NC1CCCCC1. The molecule has 0 atom stereocenters. The molecule has 1 aliphatic carbocycles. The predicted octanol–water partition coefficient (Wildman–Crippen LogP) is 3.18. The molecule has 0 saturated heterocycles. The lowest BCUT2D eigenvalue weighted by Crippen LogP contribution is -2.40. The van der Waals surface area contributed by atoms with Crippen LogP contribution in [0.2, 0.25) is 5.02 Å². The van der Waals surface area contributed by atoms with Crippen LogP contribution in [0.1, 0.15) is 37.7 Å². The average molecular weight is 312 g/mol. The third-order valence-corrected chi connectivity index (χ3v) is 3.74. The Morgan fingerprint density at radius 3 is 2.85 bits per heavy atom. The Hall–Kier alpha value is -1.33. The van der Waals surface area contributed by atoms with Crippen LogP contribution in [0.4, 0.5) is 0 Å². The summed E-state index contributed by atoms with van der Waals surface area (Å²) in [4.78, 5) is 0. The molecule has 108 valence electrons. The fraction of sp³-hybridized carbons (Fsp3) is 0.429. The van der Waals surface area contributed by atoms with Crippen LogP contribution >= 0.6 is 23.8 Å². The second kappa shape index (κ2) is 7.45. The molecule has 0 unspecified atom stereocenters. The number of rotatable bonds is 3. The van der Waals surface area contributed by atoms with E-state index < -0.39 is 0 Å². The molecule has 2 rings (SSSR count). The molecule has 3 N–H and O–H groups in total. The Labute approximate surface area is 129 Å². The van der Waals surface area contributed by atoms with Crippen molar-refractivity contribution in [1.82, 2.24) is 10.7 Å². The lowest BCUT2D eigenvalue weighted by atomic mass is 9.96. The van der Waals surface area contributed by atoms with Gasteiger partial charge in [-0.3, -0.25) is 5.43 Å². The number of aromatic hydroxyl groups is 1. The molecule has 0 radical (unpaired) electrons. The number of phenols is 1. The second-order valence-corrected chi connectivity index (χ2v) is 5.73. The van der Waals surface area contributed by atoms with E-state index in [1.165, 1.54) is 31.5 Å². The first-order valence-corrected chi connectivity index (χ1v) is 7.52. The molecule has 4 nitrogen and oxygen atoms in total. The standard InChI is InChI=1S/C14H18ClN3OS/c15-11-6-7-13(19)10(8-11)9-16-18-14(20)17-12-4-2-1-3-5-12/h6-9,12,19H,1-5H2,(H2,17,18,20).